The van der Waals surface area contributed by atoms with E-state index in [1.807, 2.05) is 30.3 Å². The van der Waals surface area contributed by atoms with Crippen molar-refractivity contribution in [2.24, 2.45) is 5.92 Å². The van der Waals surface area contributed by atoms with Gasteiger partial charge in [-0.1, -0.05) is 35.5 Å². The molecule has 1 amide bonds. The predicted molar refractivity (Wildman–Crippen MR) is 80.5 cm³/mol. The fourth-order valence-corrected chi connectivity index (χ4v) is 2.58. The van der Waals surface area contributed by atoms with Crippen LogP contribution in [0.3, 0.4) is 0 Å². The van der Waals surface area contributed by atoms with Crippen LogP contribution in [-0.4, -0.2) is 29.1 Å². The molecule has 0 aliphatic carbocycles. The maximum absolute atomic E-state index is 12.2. The molecule has 0 bridgehead atoms. The van der Waals surface area contributed by atoms with E-state index in [2.05, 4.69) is 16.7 Å². The number of hydrogen-bond acceptors (Lipinski definition) is 5. The number of amides is 1. The molecule has 1 fully saturated rings. The first-order valence-corrected chi connectivity index (χ1v) is 7.24. The number of hydrogen-bond donors (Lipinski definition) is 1. The van der Waals surface area contributed by atoms with Crippen LogP contribution in [0.1, 0.15) is 12.8 Å². The molecule has 1 aliphatic rings. The molecule has 0 spiro atoms. The van der Waals surface area contributed by atoms with E-state index in [-0.39, 0.29) is 11.8 Å². The van der Waals surface area contributed by atoms with Gasteiger partial charge < -0.3 is 9.42 Å². The van der Waals surface area contributed by atoms with Gasteiger partial charge in [0.1, 0.15) is 5.69 Å². The molecule has 1 N–H and O–H groups in total. The molecule has 22 heavy (non-hydrogen) atoms. The van der Waals surface area contributed by atoms with Gasteiger partial charge in [-0.05, 0) is 12.8 Å². The summed E-state index contributed by atoms with van der Waals surface area (Å²) < 4.78 is 5.17. The number of aromatic nitrogens is 1. The van der Waals surface area contributed by atoms with Crippen molar-refractivity contribution in [2.45, 2.75) is 12.8 Å². The first kappa shape index (κ1) is 14.1. The van der Waals surface area contributed by atoms with E-state index >= 15 is 0 Å². The Morgan fingerprint density at radius 3 is 3.00 bits per heavy atom. The molecule has 1 aliphatic heterocycles. The Bertz CT molecular complexity index is 690. The average molecular weight is 296 g/mol. The number of piperidine rings is 1. The maximum Gasteiger partial charge on any atom is 0.231 e. The van der Waals surface area contributed by atoms with E-state index in [1.54, 1.807) is 11.0 Å². The first-order valence-electron chi connectivity index (χ1n) is 7.24. The number of carbonyl (C=O) groups is 1. The Hall–Kier alpha value is -2.81. The van der Waals surface area contributed by atoms with Crippen LogP contribution < -0.4 is 5.32 Å². The lowest BCUT2D eigenvalue weighted by Crippen LogP contribution is -2.38. The molecule has 0 radical (unpaired) electrons. The lowest BCUT2D eigenvalue weighted by Gasteiger charge is -2.27. The van der Waals surface area contributed by atoms with Crippen LogP contribution in [0.5, 0.6) is 0 Å². The van der Waals surface area contributed by atoms with Crippen LogP contribution >= 0.6 is 0 Å². The van der Waals surface area contributed by atoms with Gasteiger partial charge >= 0.3 is 0 Å². The minimum Gasteiger partial charge on any atom is -0.338 e. The van der Waals surface area contributed by atoms with Crippen molar-refractivity contribution < 1.29 is 9.32 Å². The number of nitrogens with one attached hydrogen (secondary N) is 1. The van der Waals surface area contributed by atoms with Gasteiger partial charge in [-0.3, -0.25) is 10.1 Å². The third-order valence-corrected chi connectivity index (χ3v) is 3.76. The minimum atomic E-state index is -0.196. The van der Waals surface area contributed by atoms with Gasteiger partial charge in [0, 0.05) is 24.7 Å². The largest absolute Gasteiger partial charge is 0.338 e. The Balaban J connectivity index is 1.65. The zero-order chi connectivity index (χ0) is 15.4. The Morgan fingerprint density at radius 2 is 2.23 bits per heavy atom. The minimum absolute atomic E-state index is 0.129. The number of benzene rings is 1. The van der Waals surface area contributed by atoms with Gasteiger partial charge in [0.2, 0.25) is 11.8 Å². The summed E-state index contributed by atoms with van der Waals surface area (Å²) in [5.41, 5.74) is 1.61. The van der Waals surface area contributed by atoms with Gasteiger partial charge in [-0.2, -0.15) is 5.26 Å². The molecule has 2 heterocycles. The van der Waals surface area contributed by atoms with Crippen molar-refractivity contribution in [1.29, 1.82) is 5.26 Å². The molecule has 0 saturated carbocycles. The number of likely N-dealkylation sites (tertiary alicyclic amines) is 1. The molecule has 112 valence electrons. The van der Waals surface area contributed by atoms with Crippen LogP contribution in [0.15, 0.2) is 40.9 Å². The van der Waals surface area contributed by atoms with Crippen molar-refractivity contribution in [3.05, 3.63) is 36.4 Å². The van der Waals surface area contributed by atoms with Crippen molar-refractivity contribution in [3.63, 3.8) is 0 Å². The highest BCUT2D eigenvalue weighted by Crippen LogP contribution is 2.23. The summed E-state index contributed by atoms with van der Waals surface area (Å²) in [7, 11) is 0. The van der Waals surface area contributed by atoms with Gasteiger partial charge in [0.05, 0.1) is 5.92 Å². The van der Waals surface area contributed by atoms with Crippen LogP contribution in [0.2, 0.25) is 0 Å². The fraction of sp³-hybridized carbons (Fsp3) is 0.312. The third kappa shape index (κ3) is 3.09. The van der Waals surface area contributed by atoms with Crippen LogP contribution in [0, 0.1) is 17.4 Å². The molecular weight excluding hydrogens is 280 g/mol. The summed E-state index contributed by atoms with van der Waals surface area (Å²) in [6.07, 6.45) is 3.72. The third-order valence-electron chi connectivity index (χ3n) is 3.76. The zero-order valence-electron chi connectivity index (χ0n) is 12.0. The number of carbonyl (C=O) groups excluding carboxylic acids is 1. The molecule has 6 nitrogen and oxygen atoms in total. The summed E-state index contributed by atoms with van der Waals surface area (Å²) in [5, 5.41) is 15.6. The van der Waals surface area contributed by atoms with Crippen LogP contribution in [0.4, 0.5) is 5.88 Å². The van der Waals surface area contributed by atoms with E-state index in [0.717, 1.165) is 24.9 Å². The number of nitrogens with zero attached hydrogens (tertiary/aromatic N) is 3. The molecule has 2 aromatic rings. The predicted octanol–water partition coefficient (Wildman–Crippen LogP) is 2.47. The summed E-state index contributed by atoms with van der Waals surface area (Å²) in [4.78, 5) is 13.9. The van der Waals surface area contributed by atoms with E-state index in [4.69, 9.17) is 9.78 Å². The Morgan fingerprint density at radius 1 is 1.41 bits per heavy atom. The number of rotatable bonds is 3. The van der Waals surface area contributed by atoms with E-state index in [1.165, 1.54) is 0 Å². The number of anilines is 1. The van der Waals surface area contributed by atoms with E-state index in [9.17, 15) is 4.79 Å². The second-order valence-corrected chi connectivity index (χ2v) is 5.32. The number of nitriles is 1. The van der Waals surface area contributed by atoms with Gasteiger partial charge in [-0.15, -0.1) is 0 Å². The summed E-state index contributed by atoms with van der Waals surface area (Å²) in [6, 6.07) is 11.3. The molecule has 1 atom stereocenters. The lowest BCUT2D eigenvalue weighted by molar-refractivity contribution is -0.121. The van der Waals surface area contributed by atoms with E-state index < -0.39 is 0 Å². The molecular formula is C16H16N4O2. The second kappa shape index (κ2) is 6.31. The highest BCUT2D eigenvalue weighted by Gasteiger charge is 2.26. The molecule has 6 heteroatoms. The summed E-state index contributed by atoms with van der Waals surface area (Å²) in [5.74, 6) is 0.00678. The van der Waals surface area contributed by atoms with Crippen molar-refractivity contribution in [2.75, 3.05) is 18.4 Å². The normalized spacial score (nSPS) is 17.8. The topological polar surface area (TPSA) is 82.2 Å². The molecule has 1 saturated heterocycles. The smallest absolute Gasteiger partial charge is 0.231 e. The quantitative estimate of drug-likeness (QED) is 0.880. The van der Waals surface area contributed by atoms with E-state index in [0.29, 0.717) is 18.1 Å². The maximum atomic E-state index is 12.2. The molecule has 3 rings (SSSR count). The molecule has 1 aromatic carbocycles. The average Bonchev–Trinajstić information content (AvgIpc) is 3.04. The fourth-order valence-electron chi connectivity index (χ4n) is 2.58. The Labute approximate surface area is 128 Å². The Kier molecular flexibility index (Phi) is 4.05. The van der Waals surface area contributed by atoms with Gasteiger partial charge in [-0.25, -0.2) is 0 Å². The van der Waals surface area contributed by atoms with Crippen LogP contribution in [-0.2, 0) is 4.79 Å². The summed E-state index contributed by atoms with van der Waals surface area (Å²) >= 11 is 0. The summed E-state index contributed by atoms with van der Waals surface area (Å²) in [6.45, 7) is 1.18. The highest BCUT2D eigenvalue weighted by molar-refractivity contribution is 5.92. The highest BCUT2D eigenvalue weighted by atomic mass is 16.5. The molecule has 1 unspecified atom stereocenters. The lowest BCUT2D eigenvalue weighted by atomic mass is 9.97. The first-order chi connectivity index (χ1) is 10.8. The molecule has 1 aromatic heterocycles. The zero-order valence-corrected chi connectivity index (χ0v) is 12.0. The standard InChI is InChI=1S/C16H16N4O2/c17-11-20-8-4-7-13(10-20)16(21)18-15-9-14(19-22-15)12-5-2-1-3-6-12/h1-3,5-6,9,13H,4,7-8,10H2,(H,18,21). The SMILES string of the molecule is N#CN1CCCC(C(=O)Nc2cc(-c3ccccc3)no2)C1. The van der Waals surface area contributed by atoms with Crippen molar-refractivity contribution in [1.82, 2.24) is 10.1 Å². The van der Waals surface area contributed by atoms with Gasteiger partial charge in [0.15, 0.2) is 6.19 Å². The van der Waals surface area contributed by atoms with Crippen LogP contribution in [0.25, 0.3) is 11.3 Å². The van der Waals surface area contributed by atoms with Crippen molar-refractivity contribution >= 4 is 11.8 Å². The van der Waals surface area contributed by atoms with Gasteiger partial charge in [0.25, 0.3) is 0 Å². The second-order valence-electron chi connectivity index (χ2n) is 5.32. The monoisotopic (exact) mass is 296 g/mol. The van der Waals surface area contributed by atoms with Crippen molar-refractivity contribution in [3.8, 4) is 17.5 Å².